The SMILES string of the molecule is CCC1CCCCN1C(=O)C(N)CC(N)=O. The van der Waals surface area contributed by atoms with Crippen molar-refractivity contribution in [3.05, 3.63) is 0 Å². The molecular weight excluding hydrogens is 206 g/mol. The Kier molecular flexibility index (Phi) is 4.73. The fourth-order valence-corrected chi connectivity index (χ4v) is 2.23. The van der Waals surface area contributed by atoms with E-state index in [4.69, 9.17) is 11.5 Å². The highest BCUT2D eigenvalue weighted by molar-refractivity contribution is 5.87. The van der Waals surface area contributed by atoms with Crippen LogP contribution in [-0.4, -0.2) is 35.3 Å². The quantitative estimate of drug-likeness (QED) is 0.707. The lowest BCUT2D eigenvalue weighted by atomic mass is 9.98. The van der Waals surface area contributed by atoms with Crippen LogP contribution in [0.15, 0.2) is 0 Å². The largest absolute Gasteiger partial charge is 0.370 e. The average Bonchev–Trinajstić information content (AvgIpc) is 2.27. The molecule has 2 atom stereocenters. The van der Waals surface area contributed by atoms with Crippen LogP contribution in [0.2, 0.25) is 0 Å². The Morgan fingerprint density at radius 2 is 2.12 bits per heavy atom. The second-order valence-corrected chi connectivity index (χ2v) is 4.37. The van der Waals surface area contributed by atoms with Crippen LogP contribution in [-0.2, 0) is 9.59 Å². The number of piperidine rings is 1. The molecule has 4 N–H and O–H groups in total. The second kappa shape index (κ2) is 5.84. The van der Waals surface area contributed by atoms with E-state index in [0.29, 0.717) is 0 Å². The maximum Gasteiger partial charge on any atom is 0.240 e. The molecule has 1 saturated heterocycles. The van der Waals surface area contributed by atoms with Crippen molar-refractivity contribution >= 4 is 11.8 Å². The average molecular weight is 227 g/mol. The molecule has 0 radical (unpaired) electrons. The number of rotatable bonds is 4. The topological polar surface area (TPSA) is 89.4 Å². The Hall–Kier alpha value is -1.10. The summed E-state index contributed by atoms with van der Waals surface area (Å²) in [7, 11) is 0. The lowest BCUT2D eigenvalue weighted by Gasteiger charge is -2.36. The zero-order chi connectivity index (χ0) is 12.1. The Balaban J connectivity index is 2.59. The first-order valence-corrected chi connectivity index (χ1v) is 5.90. The molecule has 1 heterocycles. The lowest BCUT2D eigenvalue weighted by molar-refractivity contribution is -0.138. The van der Waals surface area contributed by atoms with Crippen molar-refractivity contribution in [2.24, 2.45) is 11.5 Å². The second-order valence-electron chi connectivity index (χ2n) is 4.37. The van der Waals surface area contributed by atoms with Crippen LogP contribution in [0.5, 0.6) is 0 Å². The number of hydrogen-bond acceptors (Lipinski definition) is 3. The molecule has 1 rings (SSSR count). The van der Waals surface area contributed by atoms with Gasteiger partial charge in [-0.2, -0.15) is 0 Å². The summed E-state index contributed by atoms with van der Waals surface area (Å²) < 4.78 is 0. The minimum atomic E-state index is -0.773. The first kappa shape index (κ1) is 13.0. The molecule has 0 aromatic carbocycles. The number of carbonyl (C=O) groups excluding carboxylic acids is 2. The summed E-state index contributed by atoms with van der Waals surface area (Å²) in [5, 5.41) is 0. The normalized spacial score (nSPS) is 22.9. The predicted molar refractivity (Wildman–Crippen MR) is 61.4 cm³/mol. The fraction of sp³-hybridized carbons (Fsp3) is 0.818. The Labute approximate surface area is 96.1 Å². The molecule has 0 aliphatic carbocycles. The van der Waals surface area contributed by atoms with Crippen molar-refractivity contribution in [1.82, 2.24) is 4.90 Å². The zero-order valence-corrected chi connectivity index (χ0v) is 9.82. The van der Waals surface area contributed by atoms with Gasteiger partial charge in [0, 0.05) is 12.6 Å². The van der Waals surface area contributed by atoms with E-state index < -0.39 is 11.9 Å². The first-order valence-electron chi connectivity index (χ1n) is 5.90. The highest BCUT2D eigenvalue weighted by Gasteiger charge is 2.29. The van der Waals surface area contributed by atoms with E-state index in [0.717, 1.165) is 32.2 Å². The molecule has 0 bridgehead atoms. The van der Waals surface area contributed by atoms with E-state index in [-0.39, 0.29) is 18.4 Å². The third-order valence-electron chi connectivity index (χ3n) is 3.12. The highest BCUT2D eigenvalue weighted by Crippen LogP contribution is 2.20. The molecule has 92 valence electrons. The monoisotopic (exact) mass is 227 g/mol. The van der Waals surface area contributed by atoms with Crippen LogP contribution in [0.25, 0.3) is 0 Å². The predicted octanol–water partition coefficient (Wildman–Crippen LogP) is -0.0198. The summed E-state index contributed by atoms with van der Waals surface area (Å²) in [6, 6.07) is -0.496. The minimum Gasteiger partial charge on any atom is -0.370 e. The van der Waals surface area contributed by atoms with Crippen molar-refractivity contribution in [3.63, 3.8) is 0 Å². The summed E-state index contributed by atoms with van der Waals surface area (Å²) >= 11 is 0. The molecule has 1 fully saturated rings. The molecule has 0 spiro atoms. The van der Waals surface area contributed by atoms with Gasteiger partial charge in [0.05, 0.1) is 12.5 Å². The maximum absolute atomic E-state index is 12.0. The van der Waals surface area contributed by atoms with Gasteiger partial charge in [-0.25, -0.2) is 0 Å². The Morgan fingerprint density at radius 3 is 2.69 bits per heavy atom. The number of nitrogens with zero attached hydrogens (tertiary/aromatic N) is 1. The molecule has 2 unspecified atom stereocenters. The van der Waals surface area contributed by atoms with Crippen molar-refractivity contribution in [2.75, 3.05) is 6.54 Å². The van der Waals surface area contributed by atoms with E-state index in [1.165, 1.54) is 0 Å². The summed E-state index contributed by atoms with van der Waals surface area (Å²) in [5.74, 6) is -0.656. The smallest absolute Gasteiger partial charge is 0.240 e. The molecule has 2 amide bonds. The van der Waals surface area contributed by atoms with E-state index in [9.17, 15) is 9.59 Å². The van der Waals surface area contributed by atoms with Crippen LogP contribution < -0.4 is 11.5 Å². The van der Waals surface area contributed by atoms with Crippen molar-refractivity contribution < 1.29 is 9.59 Å². The van der Waals surface area contributed by atoms with Gasteiger partial charge in [0.1, 0.15) is 0 Å². The molecule has 1 aliphatic heterocycles. The summed E-state index contributed by atoms with van der Waals surface area (Å²) in [5.41, 5.74) is 10.7. The van der Waals surface area contributed by atoms with Gasteiger partial charge in [0.25, 0.3) is 0 Å². The van der Waals surface area contributed by atoms with Crippen molar-refractivity contribution in [2.45, 2.75) is 51.1 Å². The summed E-state index contributed by atoms with van der Waals surface area (Å²) in [4.78, 5) is 24.5. The fourth-order valence-electron chi connectivity index (χ4n) is 2.23. The summed E-state index contributed by atoms with van der Waals surface area (Å²) in [6.45, 7) is 2.82. The van der Waals surface area contributed by atoms with Crippen LogP contribution in [0.4, 0.5) is 0 Å². The Bertz CT molecular complexity index is 268. The third-order valence-corrected chi connectivity index (χ3v) is 3.12. The van der Waals surface area contributed by atoms with Gasteiger partial charge in [0.15, 0.2) is 0 Å². The Morgan fingerprint density at radius 1 is 1.44 bits per heavy atom. The van der Waals surface area contributed by atoms with Crippen LogP contribution in [0.1, 0.15) is 39.0 Å². The molecule has 5 heteroatoms. The first-order chi connectivity index (χ1) is 7.56. The zero-order valence-electron chi connectivity index (χ0n) is 9.82. The number of primary amides is 1. The molecule has 16 heavy (non-hydrogen) atoms. The lowest BCUT2D eigenvalue weighted by Crippen LogP contribution is -2.51. The van der Waals surface area contributed by atoms with E-state index >= 15 is 0 Å². The van der Waals surface area contributed by atoms with Crippen LogP contribution in [0.3, 0.4) is 0 Å². The van der Waals surface area contributed by atoms with Gasteiger partial charge in [-0.3, -0.25) is 9.59 Å². The summed E-state index contributed by atoms with van der Waals surface area (Å²) in [6.07, 6.45) is 4.09. The van der Waals surface area contributed by atoms with Gasteiger partial charge >= 0.3 is 0 Å². The van der Waals surface area contributed by atoms with Gasteiger partial charge in [-0.05, 0) is 25.7 Å². The van der Waals surface area contributed by atoms with E-state index in [2.05, 4.69) is 6.92 Å². The standard InChI is InChI=1S/C11H21N3O2/c1-2-8-5-3-4-6-14(8)11(16)9(12)7-10(13)15/h8-9H,2-7,12H2,1H3,(H2,13,15). The number of nitrogens with two attached hydrogens (primary N) is 2. The van der Waals surface area contributed by atoms with Crippen molar-refractivity contribution in [1.29, 1.82) is 0 Å². The highest BCUT2D eigenvalue weighted by atomic mass is 16.2. The van der Waals surface area contributed by atoms with Gasteiger partial charge < -0.3 is 16.4 Å². The van der Waals surface area contributed by atoms with Gasteiger partial charge in [-0.15, -0.1) is 0 Å². The molecule has 5 nitrogen and oxygen atoms in total. The third kappa shape index (κ3) is 3.20. The van der Waals surface area contributed by atoms with Crippen LogP contribution in [0, 0.1) is 0 Å². The van der Waals surface area contributed by atoms with Gasteiger partial charge in [0.2, 0.25) is 11.8 Å². The molecule has 0 saturated carbocycles. The number of likely N-dealkylation sites (tertiary alicyclic amines) is 1. The van der Waals surface area contributed by atoms with Crippen molar-refractivity contribution in [3.8, 4) is 0 Å². The van der Waals surface area contributed by atoms with E-state index in [1.54, 1.807) is 0 Å². The number of hydrogen-bond donors (Lipinski definition) is 2. The number of amides is 2. The number of carbonyl (C=O) groups is 2. The maximum atomic E-state index is 12.0. The van der Waals surface area contributed by atoms with Gasteiger partial charge in [-0.1, -0.05) is 6.92 Å². The van der Waals surface area contributed by atoms with E-state index in [1.807, 2.05) is 4.90 Å². The molecule has 0 aromatic heterocycles. The molecular formula is C11H21N3O2. The minimum absolute atomic E-state index is 0.0637. The van der Waals surface area contributed by atoms with Crippen LogP contribution >= 0.6 is 0 Å². The molecule has 1 aliphatic rings. The molecule has 0 aromatic rings.